The maximum absolute atomic E-state index is 12.1. The third-order valence-corrected chi connectivity index (χ3v) is 3.08. The monoisotopic (exact) mass is 239 g/mol. The predicted octanol–water partition coefficient (Wildman–Crippen LogP) is 3.31. The highest BCUT2D eigenvalue weighted by atomic mass is 16.1. The zero-order valence-corrected chi connectivity index (χ0v) is 10.7. The Hall–Kier alpha value is -2.09. The van der Waals surface area contributed by atoms with Crippen molar-refractivity contribution in [2.45, 2.75) is 20.3 Å². The number of Topliss-reactive ketones (excluding diaryl/α,β-unsaturated/α-hetero) is 1. The van der Waals surface area contributed by atoms with Crippen molar-refractivity contribution in [3.05, 3.63) is 64.7 Å². The summed E-state index contributed by atoms with van der Waals surface area (Å²) in [6, 6.07) is 13.4. The molecule has 18 heavy (non-hydrogen) atoms. The van der Waals surface area contributed by atoms with Crippen LogP contribution in [0.15, 0.2) is 42.5 Å². The Kier molecular flexibility index (Phi) is 3.47. The lowest BCUT2D eigenvalue weighted by molar-refractivity contribution is 0.0993. The number of carbonyl (C=O) groups is 1. The van der Waals surface area contributed by atoms with Gasteiger partial charge in [-0.3, -0.25) is 4.79 Å². The van der Waals surface area contributed by atoms with Crippen molar-refractivity contribution < 1.29 is 4.79 Å². The maximum Gasteiger partial charge on any atom is 0.167 e. The van der Waals surface area contributed by atoms with Crippen LogP contribution in [-0.2, 0) is 6.42 Å². The molecule has 0 saturated heterocycles. The molecule has 2 rings (SSSR count). The molecule has 92 valence electrons. The number of nitrogens with two attached hydrogens (primary N) is 1. The van der Waals surface area contributed by atoms with Crippen LogP contribution in [0.3, 0.4) is 0 Å². The summed E-state index contributed by atoms with van der Waals surface area (Å²) in [7, 11) is 0. The van der Waals surface area contributed by atoms with Gasteiger partial charge in [0.1, 0.15) is 0 Å². The predicted molar refractivity (Wildman–Crippen MR) is 74.8 cm³/mol. The molecule has 0 heterocycles. The second kappa shape index (κ2) is 5.05. The first kappa shape index (κ1) is 12.4. The van der Waals surface area contributed by atoms with Crippen LogP contribution in [0.1, 0.15) is 27.0 Å². The van der Waals surface area contributed by atoms with E-state index in [1.165, 1.54) is 0 Å². The molecule has 0 aliphatic heterocycles. The Bertz CT molecular complexity index is 570. The standard InChI is InChI=1S/C16H17NO/c1-11-3-7-14(8-4-11)16(18)10-13-6-5-12(2)15(17)9-13/h3-9H,10,17H2,1-2H3. The molecule has 2 heteroatoms. The average Bonchev–Trinajstić information content (AvgIpc) is 2.34. The van der Waals surface area contributed by atoms with Gasteiger partial charge < -0.3 is 5.73 Å². The van der Waals surface area contributed by atoms with Crippen LogP contribution in [0.4, 0.5) is 5.69 Å². The fourth-order valence-corrected chi connectivity index (χ4v) is 1.83. The zero-order valence-electron chi connectivity index (χ0n) is 10.7. The van der Waals surface area contributed by atoms with Crippen LogP contribution in [0, 0.1) is 13.8 Å². The summed E-state index contributed by atoms with van der Waals surface area (Å²) in [5, 5.41) is 0. The Morgan fingerprint density at radius 2 is 1.72 bits per heavy atom. The number of hydrogen-bond donors (Lipinski definition) is 1. The van der Waals surface area contributed by atoms with Crippen LogP contribution >= 0.6 is 0 Å². The van der Waals surface area contributed by atoms with Crippen molar-refractivity contribution in [3.8, 4) is 0 Å². The second-order valence-electron chi connectivity index (χ2n) is 4.66. The third-order valence-electron chi connectivity index (χ3n) is 3.08. The van der Waals surface area contributed by atoms with Crippen LogP contribution in [-0.4, -0.2) is 5.78 Å². The molecule has 0 bridgehead atoms. The molecule has 0 radical (unpaired) electrons. The topological polar surface area (TPSA) is 43.1 Å². The fraction of sp³-hybridized carbons (Fsp3) is 0.188. The minimum absolute atomic E-state index is 0.123. The molecular weight excluding hydrogens is 222 g/mol. The third kappa shape index (κ3) is 2.77. The van der Waals surface area contributed by atoms with Crippen molar-refractivity contribution in [1.82, 2.24) is 0 Å². The molecule has 2 aromatic rings. The Balaban J connectivity index is 2.16. The SMILES string of the molecule is Cc1ccc(C(=O)Cc2ccc(C)c(N)c2)cc1. The molecule has 0 aliphatic carbocycles. The van der Waals surface area contributed by atoms with E-state index in [2.05, 4.69) is 0 Å². The summed E-state index contributed by atoms with van der Waals surface area (Å²) < 4.78 is 0. The van der Waals surface area contributed by atoms with Gasteiger partial charge in [0.25, 0.3) is 0 Å². The van der Waals surface area contributed by atoms with Crippen LogP contribution < -0.4 is 5.73 Å². The maximum atomic E-state index is 12.1. The van der Waals surface area contributed by atoms with Gasteiger partial charge in [-0.1, -0.05) is 42.0 Å². The van der Waals surface area contributed by atoms with Gasteiger partial charge in [0.15, 0.2) is 5.78 Å². The minimum atomic E-state index is 0.123. The average molecular weight is 239 g/mol. The normalized spacial score (nSPS) is 10.3. The van der Waals surface area contributed by atoms with E-state index in [0.717, 1.165) is 27.9 Å². The summed E-state index contributed by atoms with van der Waals surface area (Å²) >= 11 is 0. The number of rotatable bonds is 3. The number of benzene rings is 2. The Labute approximate surface area is 107 Å². The minimum Gasteiger partial charge on any atom is -0.399 e. The highest BCUT2D eigenvalue weighted by molar-refractivity contribution is 5.97. The van der Waals surface area contributed by atoms with Crippen molar-refractivity contribution in [1.29, 1.82) is 0 Å². The largest absolute Gasteiger partial charge is 0.399 e. The molecule has 0 spiro atoms. The summed E-state index contributed by atoms with van der Waals surface area (Å²) in [6.07, 6.45) is 0.396. The van der Waals surface area contributed by atoms with Crippen molar-refractivity contribution >= 4 is 11.5 Å². The summed E-state index contributed by atoms with van der Waals surface area (Å²) in [4.78, 5) is 12.1. The number of nitrogen functional groups attached to an aromatic ring is 1. The van der Waals surface area contributed by atoms with Crippen LogP contribution in [0.2, 0.25) is 0 Å². The highest BCUT2D eigenvalue weighted by Crippen LogP contribution is 2.15. The van der Waals surface area contributed by atoms with Gasteiger partial charge in [-0.25, -0.2) is 0 Å². The smallest absolute Gasteiger partial charge is 0.167 e. The van der Waals surface area contributed by atoms with E-state index in [-0.39, 0.29) is 5.78 Å². The van der Waals surface area contributed by atoms with Gasteiger partial charge >= 0.3 is 0 Å². The van der Waals surface area contributed by atoms with E-state index < -0.39 is 0 Å². The number of anilines is 1. The molecule has 0 fully saturated rings. The van der Waals surface area contributed by atoms with Gasteiger partial charge in [-0.15, -0.1) is 0 Å². The number of hydrogen-bond acceptors (Lipinski definition) is 2. The van der Waals surface area contributed by atoms with E-state index in [0.29, 0.717) is 6.42 Å². The quantitative estimate of drug-likeness (QED) is 0.659. The lowest BCUT2D eigenvalue weighted by Crippen LogP contribution is -2.04. The first-order valence-corrected chi connectivity index (χ1v) is 6.01. The fourth-order valence-electron chi connectivity index (χ4n) is 1.83. The van der Waals surface area contributed by atoms with E-state index in [1.807, 2.05) is 56.3 Å². The first-order valence-electron chi connectivity index (χ1n) is 6.01. The van der Waals surface area contributed by atoms with Gasteiger partial charge in [-0.2, -0.15) is 0 Å². The first-order chi connectivity index (χ1) is 8.56. The van der Waals surface area contributed by atoms with E-state index in [1.54, 1.807) is 0 Å². The van der Waals surface area contributed by atoms with E-state index in [4.69, 9.17) is 5.73 Å². The van der Waals surface area contributed by atoms with Crippen LogP contribution in [0.25, 0.3) is 0 Å². The molecule has 2 aromatic carbocycles. The molecular formula is C16H17NO. The lowest BCUT2D eigenvalue weighted by atomic mass is 10.0. The summed E-state index contributed by atoms with van der Waals surface area (Å²) in [5.74, 6) is 0.123. The van der Waals surface area contributed by atoms with E-state index in [9.17, 15) is 4.79 Å². The van der Waals surface area contributed by atoms with Gasteiger partial charge in [-0.05, 0) is 31.0 Å². The van der Waals surface area contributed by atoms with E-state index >= 15 is 0 Å². The second-order valence-corrected chi connectivity index (χ2v) is 4.66. The van der Waals surface area contributed by atoms with Crippen molar-refractivity contribution in [2.24, 2.45) is 0 Å². The van der Waals surface area contributed by atoms with Crippen molar-refractivity contribution in [3.63, 3.8) is 0 Å². The molecule has 0 amide bonds. The molecule has 2 nitrogen and oxygen atoms in total. The molecule has 0 atom stereocenters. The Morgan fingerprint density at radius 1 is 1.06 bits per heavy atom. The zero-order chi connectivity index (χ0) is 13.1. The summed E-state index contributed by atoms with van der Waals surface area (Å²) in [5.41, 5.74) is 10.5. The molecule has 0 saturated carbocycles. The van der Waals surface area contributed by atoms with Crippen LogP contribution in [0.5, 0.6) is 0 Å². The van der Waals surface area contributed by atoms with Gasteiger partial charge in [0.2, 0.25) is 0 Å². The molecule has 0 aromatic heterocycles. The molecule has 2 N–H and O–H groups in total. The molecule has 0 unspecified atom stereocenters. The number of ketones is 1. The Morgan fingerprint density at radius 3 is 2.33 bits per heavy atom. The number of aryl methyl sites for hydroxylation is 2. The van der Waals surface area contributed by atoms with Crippen molar-refractivity contribution in [2.75, 3.05) is 5.73 Å². The van der Waals surface area contributed by atoms with Gasteiger partial charge in [0.05, 0.1) is 0 Å². The highest BCUT2D eigenvalue weighted by Gasteiger charge is 2.07. The molecule has 0 aliphatic rings. The lowest BCUT2D eigenvalue weighted by Gasteiger charge is -2.05. The number of carbonyl (C=O) groups excluding carboxylic acids is 1. The van der Waals surface area contributed by atoms with Gasteiger partial charge in [0, 0.05) is 17.7 Å². The summed E-state index contributed by atoms with van der Waals surface area (Å²) in [6.45, 7) is 3.97.